The zero-order valence-electron chi connectivity index (χ0n) is 22.2. The first-order valence-electron chi connectivity index (χ1n) is 13.8. The van der Waals surface area contributed by atoms with Gasteiger partial charge >= 0.3 is 6.18 Å². The van der Waals surface area contributed by atoms with E-state index in [9.17, 15) is 18.0 Å². The number of alkyl halides is 3. The summed E-state index contributed by atoms with van der Waals surface area (Å²) in [5, 5.41) is 11.3. The Balaban J connectivity index is 1.39. The molecule has 0 unspecified atom stereocenters. The first kappa shape index (κ1) is 26.8. The van der Waals surface area contributed by atoms with E-state index in [1.165, 1.54) is 0 Å². The topological polar surface area (TPSA) is 69.3 Å². The number of benzene rings is 1. The van der Waals surface area contributed by atoms with Crippen LogP contribution in [0.5, 0.6) is 0 Å². The minimum atomic E-state index is -4.59. The van der Waals surface area contributed by atoms with Crippen LogP contribution in [0.2, 0.25) is 0 Å². The van der Waals surface area contributed by atoms with Crippen molar-refractivity contribution >= 4 is 33.8 Å². The molecule has 2 atom stereocenters. The molecule has 9 heteroatoms. The molecule has 38 heavy (non-hydrogen) atoms. The zero-order valence-corrected chi connectivity index (χ0v) is 22.2. The second-order valence-corrected chi connectivity index (χ2v) is 11.5. The summed E-state index contributed by atoms with van der Waals surface area (Å²) in [6.45, 7) is 3.37. The van der Waals surface area contributed by atoms with Gasteiger partial charge in [-0.2, -0.15) is 13.2 Å². The maximum Gasteiger partial charge on any atom is 0.417 e. The van der Waals surface area contributed by atoms with Crippen LogP contribution in [0.4, 0.5) is 24.7 Å². The summed E-state index contributed by atoms with van der Waals surface area (Å²) in [6.07, 6.45) is 3.90. The average molecular weight is 530 g/mol. The lowest BCUT2D eigenvalue weighted by Gasteiger charge is -2.33. The smallest absolute Gasteiger partial charge is 0.382 e. The van der Waals surface area contributed by atoms with E-state index in [0.29, 0.717) is 22.6 Å². The summed E-state index contributed by atoms with van der Waals surface area (Å²) in [4.78, 5) is 18.9. The number of aromatic nitrogens is 1. The van der Waals surface area contributed by atoms with Gasteiger partial charge in [0, 0.05) is 46.5 Å². The van der Waals surface area contributed by atoms with Gasteiger partial charge in [0.2, 0.25) is 5.91 Å². The van der Waals surface area contributed by atoms with Gasteiger partial charge in [-0.25, -0.2) is 4.98 Å². The van der Waals surface area contributed by atoms with Crippen molar-refractivity contribution in [2.75, 3.05) is 24.7 Å². The molecule has 1 aromatic carbocycles. The van der Waals surface area contributed by atoms with Crippen LogP contribution in [0.3, 0.4) is 0 Å². The molecule has 2 aromatic rings. The molecule has 0 saturated heterocycles. The van der Waals surface area contributed by atoms with Crippen molar-refractivity contribution in [1.82, 2.24) is 15.2 Å². The fourth-order valence-electron chi connectivity index (χ4n) is 5.91. The molecule has 3 saturated carbocycles. The van der Waals surface area contributed by atoms with Gasteiger partial charge in [0.15, 0.2) is 0 Å². The van der Waals surface area contributed by atoms with Crippen LogP contribution in [0, 0.1) is 5.92 Å². The Bertz CT molecular complexity index is 1180. The molecule has 5 rings (SSSR count). The first-order chi connectivity index (χ1) is 18.1. The average Bonchev–Trinajstić information content (AvgIpc) is 3.64. The Morgan fingerprint density at radius 3 is 2.29 bits per heavy atom. The molecule has 3 aliphatic carbocycles. The number of allylic oxidation sites excluding steroid dienone is 1. The van der Waals surface area contributed by atoms with Crippen molar-refractivity contribution in [3.63, 3.8) is 0 Å². The predicted molar refractivity (Wildman–Crippen MR) is 146 cm³/mol. The number of carbonyl (C=O) groups excluding carboxylic acids is 1. The van der Waals surface area contributed by atoms with E-state index < -0.39 is 11.7 Å². The van der Waals surface area contributed by atoms with E-state index in [1.807, 2.05) is 12.1 Å². The summed E-state index contributed by atoms with van der Waals surface area (Å²) in [7, 11) is 4.21. The van der Waals surface area contributed by atoms with Crippen LogP contribution in [0.25, 0.3) is 16.3 Å². The van der Waals surface area contributed by atoms with E-state index in [4.69, 9.17) is 0 Å². The molecule has 3 N–H and O–H groups in total. The van der Waals surface area contributed by atoms with Crippen molar-refractivity contribution in [3.8, 4) is 0 Å². The Labute approximate surface area is 222 Å². The highest BCUT2D eigenvalue weighted by molar-refractivity contribution is 6.01. The number of hydrogen-bond donors (Lipinski definition) is 3. The third-order valence-electron chi connectivity index (χ3n) is 8.37. The van der Waals surface area contributed by atoms with E-state index in [2.05, 4.69) is 46.5 Å². The second kappa shape index (κ2) is 10.8. The van der Waals surface area contributed by atoms with Crippen LogP contribution in [0.15, 0.2) is 30.8 Å². The molecular weight excluding hydrogens is 491 g/mol. The van der Waals surface area contributed by atoms with E-state index in [1.54, 1.807) is 12.1 Å². The summed E-state index contributed by atoms with van der Waals surface area (Å²) < 4.78 is 41.4. The molecule has 3 aliphatic rings. The van der Waals surface area contributed by atoms with Gasteiger partial charge in [-0.15, -0.1) is 0 Å². The lowest BCUT2D eigenvalue weighted by atomic mass is 9.90. The van der Waals surface area contributed by atoms with Crippen LogP contribution >= 0.6 is 0 Å². The number of fused-ring (bicyclic) bond motifs is 1. The molecule has 206 valence electrons. The number of hydrogen-bond acceptors (Lipinski definition) is 5. The van der Waals surface area contributed by atoms with Gasteiger partial charge in [-0.05, 0) is 84.0 Å². The summed E-state index contributed by atoms with van der Waals surface area (Å²) in [6, 6.07) is 8.19. The zero-order chi connectivity index (χ0) is 27.0. The SMILES string of the molecule is C=C(c1nc(N[C@@H]2CC[C@H](NC(=O)C3CC3)C2)cc2c(NC3CCC(N(C)C)CC3)cccc12)C(F)(F)F. The van der Waals surface area contributed by atoms with Crippen LogP contribution in [0.1, 0.15) is 63.5 Å². The summed E-state index contributed by atoms with van der Waals surface area (Å²) >= 11 is 0. The predicted octanol–water partition coefficient (Wildman–Crippen LogP) is 5.95. The Kier molecular flexibility index (Phi) is 7.58. The van der Waals surface area contributed by atoms with E-state index >= 15 is 0 Å². The number of pyridine rings is 1. The number of nitrogens with zero attached hydrogens (tertiary/aromatic N) is 2. The molecule has 0 bridgehead atoms. The minimum absolute atomic E-state index is 0.0258. The monoisotopic (exact) mass is 529 g/mol. The van der Waals surface area contributed by atoms with Gasteiger partial charge in [-0.3, -0.25) is 4.79 Å². The lowest BCUT2D eigenvalue weighted by molar-refractivity contribution is -0.122. The standard InChI is InChI=1S/C29H38F3N5O/c1-17(29(30,31)32)27-23-5-4-6-25(33-19-11-13-22(14-12-19)37(2)3)24(23)16-26(36-27)34-20-9-10-21(15-20)35-28(38)18-7-8-18/h4-6,16,18-22,33H,1,7-15H2,2-3H3,(H,34,36)(H,35,38)/t19?,20-,21+,22?/m1/s1. The van der Waals surface area contributed by atoms with Gasteiger partial charge in [-0.1, -0.05) is 18.7 Å². The number of nitrogens with one attached hydrogen (secondary N) is 3. The van der Waals surface area contributed by atoms with Crippen LogP contribution in [-0.4, -0.2) is 60.2 Å². The van der Waals surface area contributed by atoms with Crippen LogP contribution in [-0.2, 0) is 4.79 Å². The largest absolute Gasteiger partial charge is 0.417 e. The highest BCUT2D eigenvalue weighted by Gasteiger charge is 2.36. The van der Waals surface area contributed by atoms with Crippen molar-refractivity contribution in [2.24, 2.45) is 5.92 Å². The fourth-order valence-corrected chi connectivity index (χ4v) is 5.91. The number of amides is 1. The highest BCUT2D eigenvalue weighted by atomic mass is 19.4. The first-order valence-corrected chi connectivity index (χ1v) is 13.8. The lowest BCUT2D eigenvalue weighted by Crippen LogP contribution is -2.36. The Morgan fingerprint density at radius 2 is 1.63 bits per heavy atom. The summed E-state index contributed by atoms with van der Waals surface area (Å²) in [5.74, 6) is 0.685. The molecule has 0 radical (unpaired) electrons. The normalized spacial score (nSPS) is 25.9. The maximum absolute atomic E-state index is 13.8. The van der Waals surface area contributed by atoms with E-state index in [-0.39, 0.29) is 35.6 Å². The molecule has 3 fully saturated rings. The summed E-state index contributed by atoms with van der Waals surface area (Å²) in [5.41, 5.74) is -0.275. The number of rotatable bonds is 8. The van der Waals surface area contributed by atoms with Crippen molar-refractivity contribution in [1.29, 1.82) is 0 Å². The van der Waals surface area contributed by atoms with Gasteiger partial charge in [0.1, 0.15) is 5.82 Å². The van der Waals surface area contributed by atoms with Crippen molar-refractivity contribution in [2.45, 2.75) is 88.1 Å². The minimum Gasteiger partial charge on any atom is -0.382 e. The molecule has 1 aromatic heterocycles. The highest BCUT2D eigenvalue weighted by Crippen LogP contribution is 2.39. The molecule has 1 heterocycles. The number of halogens is 3. The molecular formula is C29H38F3N5O. The van der Waals surface area contributed by atoms with Gasteiger partial charge in [0.05, 0.1) is 11.3 Å². The quantitative estimate of drug-likeness (QED) is 0.394. The second-order valence-electron chi connectivity index (χ2n) is 11.5. The third-order valence-corrected chi connectivity index (χ3v) is 8.37. The molecule has 6 nitrogen and oxygen atoms in total. The van der Waals surface area contributed by atoms with Gasteiger partial charge < -0.3 is 20.9 Å². The van der Waals surface area contributed by atoms with E-state index in [0.717, 1.165) is 63.5 Å². The fraction of sp³-hybridized carbons (Fsp3) is 0.586. The van der Waals surface area contributed by atoms with Crippen molar-refractivity contribution < 1.29 is 18.0 Å². The van der Waals surface area contributed by atoms with Crippen molar-refractivity contribution in [3.05, 3.63) is 36.5 Å². The van der Waals surface area contributed by atoms with Crippen LogP contribution < -0.4 is 16.0 Å². The number of anilines is 2. The maximum atomic E-state index is 13.8. The molecule has 0 aliphatic heterocycles. The molecule has 1 amide bonds. The molecule has 0 spiro atoms. The third kappa shape index (κ3) is 6.08. The van der Waals surface area contributed by atoms with Gasteiger partial charge in [0.25, 0.3) is 0 Å². The Morgan fingerprint density at radius 1 is 0.947 bits per heavy atom. The number of carbonyl (C=O) groups is 1. The Hall–Kier alpha value is -2.81.